The van der Waals surface area contributed by atoms with E-state index in [1.165, 1.54) is 0 Å². The number of aliphatic carboxylic acids is 1. The van der Waals surface area contributed by atoms with E-state index in [1.807, 2.05) is 0 Å². The summed E-state index contributed by atoms with van der Waals surface area (Å²) in [5.41, 5.74) is 8.82. The zero-order valence-electron chi connectivity index (χ0n) is 13.8. The van der Waals surface area contributed by atoms with Crippen molar-refractivity contribution in [1.82, 2.24) is 5.32 Å². The van der Waals surface area contributed by atoms with Gasteiger partial charge in [-0.2, -0.15) is 0 Å². The maximum absolute atomic E-state index is 11.4. The van der Waals surface area contributed by atoms with Crippen LogP contribution < -0.4 is 10.1 Å². The number of ether oxygens (including phenoxy) is 2. The molecule has 0 bridgehead atoms. The lowest BCUT2D eigenvalue weighted by molar-refractivity contribution is -0.143. The third kappa shape index (κ3) is 8.31. The van der Waals surface area contributed by atoms with Crippen LogP contribution in [0.5, 0.6) is 5.75 Å². The van der Waals surface area contributed by atoms with E-state index in [1.54, 1.807) is 24.3 Å². The molecule has 0 radical (unpaired) electrons. The van der Waals surface area contributed by atoms with Crippen molar-refractivity contribution in [2.45, 2.75) is 18.8 Å². The van der Waals surface area contributed by atoms with E-state index in [0.717, 1.165) is 0 Å². The van der Waals surface area contributed by atoms with Gasteiger partial charge in [-0.3, -0.25) is 4.79 Å². The van der Waals surface area contributed by atoms with Crippen molar-refractivity contribution >= 4 is 11.9 Å². The molecular weight excluding hydrogens is 348 g/mol. The Hall–Kier alpha value is -2.85. The van der Waals surface area contributed by atoms with Crippen LogP contribution in [0, 0.1) is 0 Å². The molecule has 1 unspecified atom stereocenters. The minimum Gasteiger partial charge on any atom is -0.491 e. The van der Waals surface area contributed by atoms with Crippen LogP contribution in [0.1, 0.15) is 5.56 Å². The van der Waals surface area contributed by atoms with E-state index in [9.17, 15) is 14.7 Å². The van der Waals surface area contributed by atoms with Crippen molar-refractivity contribution in [3.63, 3.8) is 0 Å². The predicted octanol–water partition coefficient (Wildman–Crippen LogP) is -0.185. The second-order valence-corrected chi connectivity index (χ2v) is 5.16. The third-order valence-electron chi connectivity index (χ3n) is 3.02. The lowest BCUT2D eigenvalue weighted by atomic mass is 10.2. The Bertz CT molecular complexity index is 649. The smallest absolute Gasteiger partial charge is 0.328 e. The number of rotatable bonds is 12. The average Bonchev–Trinajstić information content (AvgIpc) is 2.63. The molecular formula is C15H20N4O7. The molecule has 26 heavy (non-hydrogen) atoms. The summed E-state index contributed by atoms with van der Waals surface area (Å²) in [6.07, 6.45) is -0.986. The normalized spacial score (nSPS) is 12.5. The molecule has 2 atom stereocenters. The van der Waals surface area contributed by atoms with Gasteiger partial charge < -0.3 is 30.1 Å². The molecule has 0 saturated heterocycles. The topological polar surface area (TPSA) is 174 Å². The van der Waals surface area contributed by atoms with Crippen LogP contribution in [0.25, 0.3) is 10.4 Å². The van der Waals surface area contributed by atoms with Gasteiger partial charge in [0.1, 0.15) is 25.0 Å². The summed E-state index contributed by atoms with van der Waals surface area (Å²) in [5.74, 6) is -1.55. The molecule has 1 rings (SSSR count). The van der Waals surface area contributed by atoms with E-state index in [2.05, 4.69) is 15.3 Å². The highest BCUT2D eigenvalue weighted by molar-refractivity contribution is 5.84. The molecule has 0 aliphatic carbocycles. The Labute approximate surface area is 148 Å². The summed E-state index contributed by atoms with van der Waals surface area (Å²) >= 11 is 0. The summed E-state index contributed by atoms with van der Waals surface area (Å²) in [4.78, 5) is 24.9. The van der Waals surface area contributed by atoms with E-state index in [4.69, 9.17) is 25.2 Å². The van der Waals surface area contributed by atoms with Gasteiger partial charge in [0.15, 0.2) is 6.04 Å². The number of aliphatic hydroxyl groups is 2. The van der Waals surface area contributed by atoms with Crippen LogP contribution in [0.3, 0.4) is 0 Å². The Balaban J connectivity index is 2.50. The van der Waals surface area contributed by atoms with Crippen LogP contribution in [0.4, 0.5) is 0 Å². The van der Waals surface area contributed by atoms with Crippen molar-refractivity contribution in [3.05, 3.63) is 40.3 Å². The van der Waals surface area contributed by atoms with Gasteiger partial charge in [0.25, 0.3) is 0 Å². The summed E-state index contributed by atoms with van der Waals surface area (Å²) in [6.45, 7) is -1.20. The highest BCUT2D eigenvalue weighted by Gasteiger charge is 2.19. The van der Waals surface area contributed by atoms with Crippen molar-refractivity contribution in [2.75, 3.05) is 26.4 Å². The zero-order chi connectivity index (χ0) is 19.4. The Morgan fingerprint density at radius 1 is 1.35 bits per heavy atom. The number of carboxylic acids is 1. The first kappa shape index (κ1) is 21.2. The number of azide groups is 1. The number of carbonyl (C=O) groups is 2. The van der Waals surface area contributed by atoms with Crippen LogP contribution in [0.15, 0.2) is 29.4 Å². The van der Waals surface area contributed by atoms with Gasteiger partial charge in [0, 0.05) is 4.91 Å². The first-order chi connectivity index (χ1) is 12.5. The average molecular weight is 368 g/mol. The number of carbonyl (C=O) groups excluding carboxylic acids is 1. The molecule has 4 N–H and O–H groups in total. The lowest BCUT2D eigenvalue weighted by Gasteiger charge is -2.15. The van der Waals surface area contributed by atoms with Gasteiger partial charge in [0.05, 0.1) is 19.8 Å². The number of nitrogens with one attached hydrogen (secondary N) is 1. The number of benzene rings is 1. The van der Waals surface area contributed by atoms with Crippen LogP contribution in [-0.2, 0) is 20.9 Å². The molecule has 0 heterocycles. The molecule has 1 aromatic carbocycles. The van der Waals surface area contributed by atoms with Crippen molar-refractivity contribution in [3.8, 4) is 5.75 Å². The largest absolute Gasteiger partial charge is 0.491 e. The second-order valence-electron chi connectivity index (χ2n) is 5.16. The Kier molecular flexibility index (Phi) is 9.50. The fourth-order valence-corrected chi connectivity index (χ4v) is 1.78. The van der Waals surface area contributed by atoms with Crippen molar-refractivity contribution in [2.24, 2.45) is 5.11 Å². The Morgan fingerprint density at radius 2 is 2.12 bits per heavy atom. The van der Waals surface area contributed by atoms with Gasteiger partial charge in [0.2, 0.25) is 5.91 Å². The molecule has 142 valence electrons. The molecule has 1 amide bonds. The van der Waals surface area contributed by atoms with E-state index in [-0.39, 0.29) is 19.8 Å². The molecule has 0 aliphatic heterocycles. The van der Waals surface area contributed by atoms with Gasteiger partial charge >= 0.3 is 5.97 Å². The molecule has 11 heteroatoms. The number of amides is 1. The molecule has 0 aromatic heterocycles. The number of nitrogens with zero attached hydrogens (tertiary/aromatic N) is 3. The quantitative estimate of drug-likeness (QED) is 0.225. The highest BCUT2D eigenvalue weighted by Crippen LogP contribution is 2.14. The van der Waals surface area contributed by atoms with Crippen molar-refractivity contribution in [1.29, 1.82) is 0 Å². The number of aliphatic hydroxyl groups excluding tert-OH is 2. The van der Waals surface area contributed by atoms with Gasteiger partial charge in [-0.1, -0.05) is 17.2 Å². The lowest BCUT2D eigenvalue weighted by Crippen LogP contribution is -2.44. The van der Waals surface area contributed by atoms with E-state index < -0.39 is 37.2 Å². The fourth-order valence-electron chi connectivity index (χ4n) is 1.78. The SMILES string of the molecule is [N-]=[N+]=NCC(=O)N[C@@H](COCc1cccc(OCC(O)CO)c1)C(=O)O. The predicted molar refractivity (Wildman–Crippen MR) is 88.3 cm³/mol. The maximum atomic E-state index is 11.4. The minimum atomic E-state index is -1.28. The minimum absolute atomic E-state index is 0.0652. The van der Waals surface area contributed by atoms with Crippen molar-refractivity contribution < 1.29 is 34.4 Å². The van der Waals surface area contributed by atoms with E-state index in [0.29, 0.717) is 11.3 Å². The monoisotopic (exact) mass is 368 g/mol. The fraction of sp³-hybridized carbons (Fsp3) is 0.467. The van der Waals surface area contributed by atoms with Crippen LogP contribution in [0.2, 0.25) is 0 Å². The summed E-state index contributed by atoms with van der Waals surface area (Å²) < 4.78 is 10.6. The molecule has 0 saturated carbocycles. The van der Waals surface area contributed by atoms with Gasteiger partial charge in [-0.25, -0.2) is 4.79 Å². The van der Waals surface area contributed by atoms with E-state index >= 15 is 0 Å². The van der Waals surface area contributed by atoms with Crippen LogP contribution in [-0.4, -0.2) is 65.7 Å². The first-order valence-electron chi connectivity index (χ1n) is 7.57. The molecule has 0 fully saturated rings. The summed E-state index contributed by atoms with van der Waals surface area (Å²) in [6, 6.07) is 5.43. The molecule has 11 nitrogen and oxygen atoms in total. The van der Waals surface area contributed by atoms with Crippen LogP contribution >= 0.6 is 0 Å². The summed E-state index contributed by atoms with van der Waals surface area (Å²) in [5, 5.41) is 32.3. The standard InChI is InChI=1S/C15H20N4O7/c16-19-17-5-14(22)18-13(15(23)24)9-25-7-10-2-1-3-12(4-10)26-8-11(21)6-20/h1-4,11,13,20-21H,5-9H2,(H,18,22)(H,23,24)/t11?,13-/m0/s1. The molecule has 0 spiro atoms. The molecule has 0 aliphatic rings. The van der Waals surface area contributed by atoms with Gasteiger partial charge in [-0.05, 0) is 23.2 Å². The second kappa shape index (κ2) is 11.7. The maximum Gasteiger partial charge on any atom is 0.328 e. The Morgan fingerprint density at radius 3 is 2.77 bits per heavy atom. The summed E-state index contributed by atoms with van der Waals surface area (Å²) in [7, 11) is 0. The molecule has 1 aromatic rings. The third-order valence-corrected chi connectivity index (χ3v) is 3.02. The zero-order valence-corrected chi connectivity index (χ0v) is 13.8. The number of hydrogen-bond acceptors (Lipinski definition) is 7. The highest BCUT2D eigenvalue weighted by atomic mass is 16.5. The first-order valence-corrected chi connectivity index (χ1v) is 7.57. The van der Waals surface area contributed by atoms with Gasteiger partial charge in [-0.15, -0.1) is 0 Å². The number of hydrogen-bond donors (Lipinski definition) is 4. The number of carboxylic acid groups (broad SMARTS) is 1.